The molecule has 2 aliphatic rings. The number of ether oxygens (including phenoxy) is 2. The van der Waals surface area contributed by atoms with Gasteiger partial charge in [0.1, 0.15) is 11.5 Å². The molecule has 0 atom stereocenters. The van der Waals surface area contributed by atoms with Crippen LogP contribution in [0.1, 0.15) is 43.0 Å². The van der Waals surface area contributed by atoms with E-state index in [1.165, 1.54) is 49.6 Å². The Balaban J connectivity index is 0.000000143. The van der Waals surface area contributed by atoms with Gasteiger partial charge in [-0.25, -0.2) is 0 Å². The number of hydrogen-bond donors (Lipinski definition) is 0. The lowest BCUT2D eigenvalue weighted by Gasteiger charge is -2.08. The number of aryl methyl sites for hydroxylation is 2. The molecule has 2 aliphatic carbocycles. The third-order valence-corrected chi connectivity index (χ3v) is 9.15. The molecule has 0 aromatic heterocycles. The van der Waals surface area contributed by atoms with Crippen LogP contribution in [0.4, 0.5) is 17.1 Å². The van der Waals surface area contributed by atoms with Gasteiger partial charge in [-0.15, -0.1) is 0 Å². The van der Waals surface area contributed by atoms with Crippen molar-refractivity contribution in [2.45, 2.75) is 13.8 Å². The summed E-state index contributed by atoms with van der Waals surface area (Å²) < 4.78 is 9.95. The van der Waals surface area contributed by atoms with E-state index in [1.807, 2.05) is 44.2 Å². The van der Waals surface area contributed by atoms with Gasteiger partial charge in [0.15, 0.2) is 11.6 Å². The number of rotatable bonds is 7. The Bertz CT molecular complexity index is 2630. The largest absolute Gasteiger partial charge is 0.497 e. The molecule has 6 aromatic carbocycles. The molecule has 0 saturated heterocycles. The van der Waals surface area contributed by atoms with Gasteiger partial charge < -0.3 is 9.47 Å². The number of methoxy groups -OCH3 is 1. The second kappa shape index (κ2) is 15.6. The molecule has 0 fully saturated rings. The molecule has 0 N–H and O–H groups in total. The van der Waals surface area contributed by atoms with Crippen molar-refractivity contribution in [1.29, 1.82) is 0 Å². The van der Waals surface area contributed by atoms with Crippen LogP contribution in [-0.4, -0.2) is 39.9 Å². The normalized spacial score (nSPS) is 11.3. The van der Waals surface area contributed by atoms with Crippen LogP contribution in [0.3, 0.4) is 0 Å². The second-order valence-corrected chi connectivity index (χ2v) is 12.6. The number of nitrogens with zero attached hydrogens (tertiary/aromatic N) is 3. The molecule has 0 radical (unpaired) electrons. The maximum absolute atomic E-state index is 12.3. The Morgan fingerprint density at radius 2 is 1.09 bits per heavy atom. The minimum absolute atomic E-state index is 0.0486. The zero-order chi connectivity index (χ0) is 40.3. The van der Waals surface area contributed by atoms with Gasteiger partial charge in [-0.2, -0.15) is 0 Å². The van der Waals surface area contributed by atoms with E-state index in [0.29, 0.717) is 33.6 Å². The van der Waals surface area contributed by atoms with Gasteiger partial charge in [0.05, 0.1) is 27.9 Å². The van der Waals surface area contributed by atoms with Gasteiger partial charge in [0.2, 0.25) is 0 Å². The van der Waals surface area contributed by atoms with E-state index >= 15 is 0 Å². The molecule has 0 unspecified atom stereocenters. The number of non-ortho nitro benzene ring substituents is 3. The number of ketones is 2. The third kappa shape index (κ3) is 7.34. The highest BCUT2D eigenvalue weighted by atomic mass is 16.6. The lowest BCUT2D eigenvalue weighted by Crippen LogP contribution is -1.98. The molecular weight excluding hydrogens is 722 g/mol. The highest BCUT2D eigenvalue weighted by molar-refractivity contribution is 6.23. The fourth-order valence-electron chi connectivity index (χ4n) is 6.49. The van der Waals surface area contributed by atoms with Crippen LogP contribution in [0.2, 0.25) is 0 Å². The fourth-order valence-corrected chi connectivity index (χ4v) is 6.49. The van der Waals surface area contributed by atoms with E-state index in [0.717, 1.165) is 38.9 Å². The van der Waals surface area contributed by atoms with Crippen molar-refractivity contribution >= 4 is 35.1 Å². The lowest BCUT2D eigenvalue weighted by molar-refractivity contribution is -0.385. The number of hydrogen-bond acceptors (Lipinski definition) is 11. The lowest BCUT2D eigenvalue weighted by atomic mass is 10.0. The van der Waals surface area contributed by atoms with E-state index in [9.17, 15) is 44.7 Å². The zero-order valence-corrected chi connectivity index (χ0v) is 29.9. The Hall–Kier alpha value is -7.87. The monoisotopic (exact) mass is 751 g/mol. The van der Waals surface area contributed by atoms with E-state index in [-0.39, 0.29) is 40.9 Å². The molecular formula is C42H29N3O11. The number of fused-ring (bicyclic) bond motifs is 6. The molecule has 6 aromatic rings. The van der Waals surface area contributed by atoms with Crippen molar-refractivity contribution in [2.24, 2.45) is 0 Å². The molecule has 0 saturated carbocycles. The first kappa shape index (κ1) is 37.9. The van der Waals surface area contributed by atoms with Crippen LogP contribution in [0.5, 0.6) is 11.5 Å². The van der Waals surface area contributed by atoms with Crippen molar-refractivity contribution < 1.29 is 38.6 Å². The van der Waals surface area contributed by atoms with Crippen LogP contribution < -0.4 is 9.47 Å². The molecule has 0 aliphatic heterocycles. The van der Waals surface area contributed by atoms with Crippen molar-refractivity contribution in [1.82, 2.24) is 0 Å². The summed E-state index contributed by atoms with van der Waals surface area (Å²) in [6.45, 7) is 4.06. The molecule has 278 valence electrons. The Morgan fingerprint density at radius 3 is 1.70 bits per heavy atom. The second-order valence-electron chi connectivity index (χ2n) is 12.6. The minimum atomic E-state index is -0.549. The molecule has 14 heteroatoms. The molecule has 14 nitrogen and oxygen atoms in total. The Morgan fingerprint density at radius 1 is 0.536 bits per heavy atom. The topological polar surface area (TPSA) is 199 Å². The average molecular weight is 752 g/mol. The van der Waals surface area contributed by atoms with Gasteiger partial charge in [-0.1, -0.05) is 54.1 Å². The van der Waals surface area contributed by atoms with E-state index in [1.54, 1.807) is 42.5 Å². The minimum Gasteiger partial charge on any atom is -0.497 e. The van der Waals surface area contributed by atoms with Crippen LogP contribution in [-0.2, 0) is 4.79 Å². The molecule has 0 heterocycles. The fraction of sp³-hybridized carbons (Fsp3) is 0.0714. The van der Waals surface area contributed by atoms with Gasteiger partial charge >= 0.3 is 0 Å². The first-order valence-corrected chi connectivity index (χ1v) is 16.7. The number of benzene rings is 6. The molecule has 0 bridgehead atoms. The van der Waals surface area contributed by atoms with E-state index < -0.39 is 14.8 Å². The van der Waals surface area contributed by atoms with Gasteiger partial charge in [-0.3, -0.25) is 44.7 Å². The van der Waals surface area contributed by atoms with Crippen LogP contribution >= 0.6 is 0 Å². The third-order valence-electron chi connectivity index (χ3n) is 9.15. The summed E-state index contributed by atoms with van der Waals surface area (Å²) in [4.78, 5) is 65.7. The first-order valence-electron chi connectivity index (χ1n) is 16.7. The summed E-state index contributed by atoms with van der Waals surface area (Å²) in [5.41, 5.74) is 8.44. The van der Waals surface area contributed by atoms with E-state index in [2.05, 4.69) is 0 Å². The van der Waals surface area contributed by atoms with Crippen molar-refractivity contribution in [2.75, 3.05) is 7.11 Å². The average Bonchev–Trinajstić information content (AvgIpc) is 3.64. The van der Waals surface area contributed by atoms with Gasteiger partial charge in [-0.05, 0) is 77.6 Å². The Labute approximate surface area is 318 Å². The number of nitro groups is 3. The highest BCUT2D eigenvalue weighted by Gasteiger charge is 2.30. The maximum Gasteiger partial charge on any atom is 0.298 e. The summed E-state index contributed by atoms with van der Waals surface area (Å²) >= 11 is 0. The number of nitro benzene ring substituents is 3. The van der Waals surface area contributed by atoms with Gasteiger partial charge in [0.25, 0.3) is 23.5 Å². The first-order chi connectivity index (χ1) is 26.8. The predicted molar refractivity (Wildman–Crippen MR) is 205 cm³/mol. The Kier molecular flexibility index (Phi) is 10.6. The highest BCUT2D eigenvalue weighted by Crippen LogP contribution is 2.40. The number of carbonyl (C=O) groups is 3. The zero-order valence-electron chi connectivity index (χ0n) is 29.9. The summed E-state index contributed by atoms with van der Waals surface area (Å²) in [5, 5.41) is 32.2. The van der Waals surface area contributed by atoms with Crippen LogP contribution in [0, 0.1) is 44.2 Å². The predicted octanol–water partition coefficient (Wildman–Crippen LogP) is 9.03. The summed E-state index contributed by atoms with van der Waals surface area (Å²) in [5.74, 6) is 0.505. The van der Waals surface area contributed by atoms with Crippen molar-refractivity contribution in [3.8, 4) is 44.9 Å². The van der Waals surface area contributed by atoms with E-state index in [4.69, 9.17) is 9.47 Å². The molecule has 0 amide bonds. The van der Waals surface area contributed by atoms with Crippen molar-refractivity contribution in [3.63, 3.8) is 0 Å². The van der Waals surface area contributed by atoms with Crippen LogP contribution in [0.25, 0.3) is 33.4 Å². The SMILES string of the molecule is COc1cccc(-c2ccc([N+](=O)[O-])cc2OC=O)c1.Cc1ccc2c(c1)-c1ccc([N+](=O)[O-])cc1C2=O.Cc1cccc2c1C(=O)c1cc([N+](=O)[O-])ccc1-2. The summed E-state index contributed by atoms with van der Waals surface area (Å²) in [6, 6.07) is 31.3. The summed E-state index contributed by atoms with van der Waals surface area (Å²) in [6.07, 6.45) is 0. The van der Waals surface area contributed by atoms with Gasteiger partial charge in [0, 0.05) is 58.1 Å². The molecule has 56 heavy (non-hydrogen) atoms. The quantitative estimate of drug-likeness (QED) is 0.0855. The molecule has 0 spiro atoms. The summed E-state index contributed by atoms with van der Waals surface area (Å²) in [7, 11) is 1.54. The molecule has 8 rings (SSSR count). The van der Waals surface area contributed by atoms with Crippen LogP contribution in [0.15, 0.2) is 115 Å². The standard InChI is InChI=1S/C14H11NO5.2C14H9NO3/c1-19-12-4-2-3-10(7-12)13-6-5-11(15(17)18)8-14(13)20-9-16;1-8-2-4-11-12(6-8)10-5-3-9(15(17)18)7-13(10)14(11)16;1-8-3-2-4-11-10-6-5-9(15(17)18)7-12(10)14(16)13(8)11/h2-9H,1H3;2*2-7H,1H3. The smallest absolute Gasteiger partial charge is 0.298 e. The van der Waals surface area contributed by atoms with Crippen molar-refractivity contribution in [3.05, 3.63) is 179 Å². The maximum atomic E-state index is 12.3. The number of carbonyl (C=O) groups excluding carboxylic acids is 3.